The Morgan fingerprint density at radius 3 is 2.82 bits per heavy atom. The molecule has 1 aromatic heterocycles. The third-order valence-electron chi connectivity index (χ3n) is 4.33. The molecule has 2 heterocycles. The van der Waals surface area contributed by atoms with E-state index in [1.54, 1.807) is 0 Å². The van der Waals surface area contributed by atoms with Crippen LogP contribution in [0.2, 0.25) is 0 Å². The van der Waals surface area contributed by atoms with E-state index in [2.05, 4.69) is 17.6 Å². The number of aryl methyl sites for hydroxylation is 1. The molecule has 0 bridgehead atoms. The molecular weight excluding hydrogens is 411 g/mol. The minimum Gasteiger partial charge on any atom is -0.390 e. The normalized spacial score (nSPS) is 25.5. The predicted molar refractivity (Wildman–Crippen MR) is 105 cm³/mol. The largest absolute Gasteiger partial charge is 0.472 e. The molecule has 0 spiro atoms. The van der Waals surface area contributed by atoms with Gasteiger partial charge in [0.25, 0.3) is 5.56 Å². The highest BCUT2D eigenvalue weighted by atomic mass is 32.1. The number of ether oxygens (including phenoxy) is 1. The molecule has 10 nitrogen and oxygen atoms in total. The lowest BCUT2D eigenvalue weighted by molar-refractivity contribution is -0.0465. The van der Waals surface area contributed by atoms with E-state index in [9.17, 15) is 24.2 Å². The zero-order valence-corrected chi connectivity index (χ0v) is 17.6. The lowest BCUT2D eigenvalue weighted by Crippen LogP contribution is -2.33. The number of hydrogen-bond acceptors (Lipinski definition) is 8. The summed E-state index contributed by atoms with van der Waals surface area (Å²) in [6, 6.07) is 0. The third kappa shape index (κ3) is 6.84. The van der Waals surface area contributed by atoms with Gasteiger partial charge in [-0.25, -0.2) is 9.36 Å². The van der Waals surface area contributed by atoms with Crippen LogP contribution in [0.4, 0.5) is 0 Å². The lowest BCUT2D eigenvalue weighted by atomic mass is 10.2. The Kier molecular flexibility index (Phi) is 8.50. The molecule has 160 valence electrons. The first kappa shape index (κ1) is 23.3. The summed E-state index contributed by atoms with van der Waals surface area (Å²) < 4.78 is 28.5. The molecule has 1 aromatic rings. The molecule has 12 heteroatoms. The number of nitrogens with zero attached hydrogens (tertiary/aromatic N) is 1. The van der Waals surface area contributed by atoms with Gasteiger partial charge < -0.3 is 14.7 Å². The molecule has 0 aliphatic carbocycles. The van der Waals surface area contributed by atoms with Crippen LogP contribution >= 0.6 is 20.5 Å². The molecule has 1 aliphatic rings. The second kappa shape index (κ2) is 10.2. The Balaban J connectivity index is 1.85. The van der Waals surface area contributed by atoms with E-state index < -0.39 is 37.5 Å². The van der Waals surface area contributed by atoms with Crippen LogP contribution < -0.4 is 11.2 Å². The van der Waals surface area contributed by atoms with E-state index in [1.165, 1.54) is 13.1 Å². The summed E-state index contributed by atoms with van der Waals surface area (Å²) in [5.74, 6) is 0. The maximum Gasteiger partial charge on any atom is 0.472 e. The highest BCUT2D eigenvalue weighted by Gasteiger charge is 2.37. The smallest absolute Gasteiger partial charge is 0.390 e. The number of unbranched alkanes of at least 4 members (excludes halogenated alkanes) is 1. The van der Waals surface area contributed by atoms with E-state index in [4.69, 9.17) is 13.8 Å². The van der Waals surface area contributed by atoms with Gasteiger partial charge in [-0.05, 0) is 25.0 Å². The number of phosphoric ester groups is 1. The Morgan fingerprint density at radius 1 is 1.43 bits per heavy atom. The van der Waals surface area contributed by atoms with Crippen molar-refractivity contribution in [2.45, 2.75) is 63.2 Å². The van der Waals surface area contributed by atoms with Crippen LogP contribution in [0.15, 0.2) is 15.8 Å². The SMILES string of the molecule is Cc1cn([C@H]2CC(O)[C@@H](COP(=O)(O)OCCCCC(C)S)O2)c(=O)[nH]c1=O. The summed E-state index contributed by atoms with van der Waals surface area (Å²) >= 11 is 4.25. The van der Waals surface area contributed by atoms with Crippen LogP contribution in [-0.2, 0) is 18.3 Å². The fourth-order valence-corrected chi connectivity index (χ4v) is 3.71. The zero-order chi connectivity index (χ0) is 20.9. The molecule has 1 aliphatic heterocycles. The van der Waals surface area contributed by atoms with Crippen molar-refractivity contribution in [2.24, 2.45) is 0 Å². The van der Waals surface area contributed by atoms with Gasteiger partial charge in [-0.15, -0.1) is 0 Å². The van der Waals surface area contributed by atoms with Gasteiger partial charge >= 0.3 is 13.5 Å². The highest BCUT2D eigenvalue weighted by molar-refractivity contribution is 7.80. The van der Waals surface area contributed by atoms with Crippen molar-refractivity contribution in [3.8, 4) is 0 Å². The standard InChI is InChI=1S/C16H27N2O8PS/c1-10-8-18(16(21)17-15(10)20)14-7-12(19)13(26-14)9-25-27(22,23)24-6-4-3-5-11(2)28/h8,11-14,19,28H,3-7,9H2,1-2H3,(H,22,23)(H,17,20,21)/t11?,12?,13-,14-/m1/s1. The number of phosphoric acid groups is 1. The van der Waals surface area contributed by atoms with Crippen molar-refractivity contribution < 1.29 is 28.3 Å². The number of rotatable bonds is 10. The first-order valence-electron chi connectivity index (χ1n) is 9.04. The van der Waals surface area contributed by atoms with Crippen LogP contribution in [0.5, 0.6) is 0 Å². The minimum absolute atomic E-state index is 0.0665. The molecule has 2 rings (SSSR count). The van der Waals surface area contributed by atoms with Gasteiger partial charge in [-0.1, -0.05) is 13.3 Å². The molecular formula is C16H27N2O8PS. The molecule has 1 fully saturated rings. The molecule has 0 amide bonds. The van der Waals surface area contributed by atoms with Gasteiger partial charge in [-0.3, -0.25) is 23.4 Å². The van der Waals surface area contributed by atoms with E-state index in [-0.39, 0.29) is 24.9 Å². The average molecular weight is 438 g/mol. The summed E-state index contributed by atoms with van der Waals surface area (Å²) in [5.41, 5.74) is -0.846. The number of aromatic amines is 1. The van der Waals surface area contributed by atoms with Crippen LogP contribution in [0.25, 0.3) is 0 Å². The summed E-state index contributed by atoms with van der Waals surface area (Å²) in [6.45, 7) is 3.19. The van der Waals surface area contributed by atoms with Gasteiger partial charge in [0.05, 0.1) is 19.3 Å². The van der Waals surface area contributed by atoms with Crippen molar-refractivity contribution in [3.05, 3.63) is 32.6 Å². The van der Waals surface area contributed by atoms with Gasteiger partial charge in [0.15, 0.2) is 0 Å². The van der Waals surface area contributed by atoms with Gasteiger partial charge in [0.2, 0.25) is 0 Å². The average Bonchev–Trinajstić information content (AvgIpc) is 2.96. The summed E-state index contributed by atoms with van der Waals surface area (Å²) in [7, 11) is -4.28. The Labute approximate surface area is 167 Å². The monoisotopic (exact) mass is 438 g/mol. The van der Waals surface area contributed by atoms with Gasteiger partial charge in [0, 0.05) is 18.2 Å². The quantitative estimate of drug-likeness (QED) is 0.242. The fourth-order valence-electron chi connectivity index (χ4n) is 2.76. The van der Waals surface area contributed by atoms with Crippen molar-refractivity contribution in [1.82, 2.24) is 9.55 Å². The lowest BCUT2D eigenvalue weighted by Gasteiger charge is -2.18. The van der Waals surface area contributed by atoms with Crippen LogP contribution in [0, 0.1) is 6.92 Å². The van der Waals surface area contributed by atoms with Crippen molar-refractivity contribution in [3.63, 3.8) is 0 Å². The molecule has 0 radical (unpaired) electrons. The number of aromatic nitrogens is 2. The molecule has 1 saturated heterocycles. The summed E-state index contributed by atoms with van der Waals surface area (Å²) in [4.78, 5) is 35.3. The number of aliphatic hydroxyl groups excluding tert-OH is 1. The van der Waals surface area contributed by atoms with E-state index in [0.717, 1.165) is 17.4 Å². The minimum atomic E-state index is -4.28. The third-order valence-corrected chi connectivity index (χ3v) is 5.58. The Morgan fingerprint density at radius 2 is 2.14 bits per heavy atom. The molecule has 3 unspecified atom stereocenters. The van der Waals surface area contributed by atoms with Crippen LogP contribution in [0.3, 0.4) is 0 Å². The zero-order valence-electron chi connectivity index (χ0n) is 15.8. The fraction of sp³-hybridized carbons (Fsp3) is 0.750. The van der Waals surface area contributed by atoms with Crippen molar-refractivity contribution >= 4 is 20.5 Å². The number of nitrogens with one attached hydrogen (secondary N) is 1. The van der Waals surface area contributed by atoms with Gasteiger partial charge in [0.1, 0.15) is 12.3 Å². The summed E-state index contributed by atoms with van der Waals surface area (Å²) in [6.07, 6.45) is 0.928. The first-order valence-corrected chi connectivity index (χ1v) is 11.1. The topological polar surface area (TPSA) is 140 Å². The highest BCUT2D eigenvalue weighted by Crippen LogP contribution is 2.44. The number of H-pyrrole nitrogens is 1. The predicted octanol–water partition coefficient (Wildman–Crippen LogP) is 1.12. The number of thiol groups is 1. The maximum atomic E-state index is 11.9. The van der Waals surface area contributed by atoms with E-state index >= 15 is 0 Å². The van der Waals surface area contributed by atoms with Gasteiger partial charge in [-0.2, -0.15) is 12.6 Å². The second-order valence-electron chi connectivity index (χ2n) is 6.85. The molecule has 0 saturated carbocycles. The van der Waals surface area contributed by atoms with Crippen molar-refractivity contribution in [1.29, 1.82) is 0 Å². The van der Waals surface area contributed by atoms with Crippen LogP contribution in [0.1, 0.15) is 44.4 Å². The molecule has 0 aromatic carbocycles. The maximum absolute atomic E-state index is 11.9. The van der Waals surface area contributed by atoms with E-state index in [1.807, 2.05) is 6.92 Å². The first-order chi connectivity index (χ1) is 13.1. The second-order valence-corrected chi connectivity index (χ2v) is 9.19. The number of aliphatic hydroxyl groups is 1. The van der Waals surface area contributed by atoms with Crippen LogP contribution in [-0.4, -0.2) is 50.2 Å². The van der Waals surface area contributed by atoms with E-state index in [0.29, 0.717) is 12.0 Å². The van der Waals surface area contributed by atoms with Crippen molar-refractivity contribution in [2.75, 3.05) is 13.2 Å². The molecule has 5 atom stereocenters. The summed E-state index contributed by atoms with van der Waals surface area (Å²) in [5, 5.41) is 10.4. The molecule has 3 N–H and O–H groups in total. The number of hydrogen-bond donors (Lipinski definition) is 4. The Bertz CT molecular complexity index is 811. The Hall–Kier alpha value is -0.940. The molecule has 28 heavy (non-hydrogen) atoms.